The summed E-state index contributed by atoms with van der Waals surface area (Å²) < 4.78 is 5.98. The molecule has 0 radical (unpaired) electrons. The highest BCUT2D eigenvalue weighted by atomic mass is 32.2. The molecule has 1 N–H and O–H groups in total. The Morgan fingerprint density at radius 3 is 2.95 bits per heavy atom. The molecular weight excluding hydrogens is 256 g/mol. The van der Waals surface area contributed by atoms with E-state index in [-0.39, 0.29) is 0 Å². The van der Waals surface area contributed by atoms with Crippen LogP contribution in [0.1, 0.15) is 37.4 Å². The summed E-state index contributed by atoms with van der Waals surface area (Å²) in [6, 6.07) is 3.40. The second-order valence-electron chi connectivity index (χ2n) is 5.79. The first-order valence-corrected chi connectivity index (χ1v) is 8.31. The molecule has 3 nitrogen and oxygen atoms in total. The lowest BCUT2D eigenvalue weighted by atomic mass is 10.2. The Hall–Kier alpha value is -0.450. The number of aryl methyl sites for hydroxylation is 1. The highest BCUT2D eigenvalue weighted by Gasteiger charge is 2.21. The molecule has 0 spiro atoms. The Kier molecular flexibility index (Phi) is 5.37. The summed E-state index contributed by atoms with van der Waals surface area (Å²) in [4.78, 5) is 2.43. The molecule has 0 saturated carbocycles. The second kappa shape index (κ2) is 6.82. The maximum atomic E-state index is 5.98. The zero-order valence-electron chi connectivity index (χ0n) is 12.5. The number of furan rings is 1. The molecule has 0 aromatic carbocycles. The third kappa shape index (κ3) is 4.26. The summed E-state index contributed by atoms with van der Waals surface area (Å²) in [5, 5.41) is 3.41. The molecule has 0 amide bonds. The van der Waals surface area contributed by atoms with Crippen molar-refractivity contribution in [1.29, 1.82) is 0 Å². The lowest BCUT2D eigenvalue weighted by molar-refractivity contribution is 0.231. The van der Waals surface area contributed by atoms with Gasteiger partial charge < -0.3 is 9.73 Å². The van der Waals surface area contributed by atoms with E-state index in [1.165, 1.54) is 23.5 Å². The molecular formula is C15H26N2OS. The van der Waals surface area contributed by atoms with E-state index in [0.29, 0.717) is 12.1 Å². The number of nitrogens with one attached hydrogen (secondary N) is 1. The number of hydrogen-bond donors (Lipinski definition) is 1. The van der Waals surface area contributed by atoms with E-state index >= 15 is 0 Å². The van der Waals surface area contributed by atoms with Crippen molar-refractivity contribution in [2.24, 2.45) is 0 Å². The van der Waals surface area contributed by atoms with Crippen LogP contribution in [0.3, 0.4) is 0 Å². The van der Waals surface area contributed by atoms with E-state index in [1.807, 2.05) is 0 Å². The third-order valence-corrected chi connectivity index (χ3v) is 4.82. The van der Waals surface area contributed by atoms with Gasteiger partial charge in [0.25, 0.3) is 0 Å². The zero-order chi connectivity index (χ0) is 13.8. The molecule has 1 unspecified atom stereocenters. The molecule has 2 rings (SSSR count). The van der Waals surface area contributed by atoms with Crippen molar-refractivity contribution in [3.05, 3.63) is 23.2 Å². The minimum absolute atomic E-state index is 0.492. The Balaban J connectivity index is 1.91. The van der Waals surface area contributed by atoms with Gasteiger partial charge in [-0.25, -0.2) is 0 Å². The topological polar surface area (TPSA) is 28.4 Å². The van der Waals surface area contributed by atoms with Gasteiger partial charge in [0.15, 0.2) is 0 Å². The van der Waals surface area contributed by atoms with Crippen molar-refractivity contribution in [2.45, 2.75) is 52.4 Å². The average Bonchev–Trinajstić information content (AvgIpc) is 2.96. The fourth-order valence-electron chi connectivity index (χ4n) is 2.39. The molecule has 1 fully saturated rings. The van der Waals surface area contributed by atoms with Gasteiger partial charge in [-0.3, -0.25) is 4.90 Å². The van der Waals surface area contributed by atoms with Crippen LogP contribution >= 0.6 is 11.8 Å². The summed E-state index contributed by atoms with van der Waals surface area (Å²) in [7, 11) is 2.21. The predicted molar refractivity (Wildman–Crippen MR) is 82.6 cm³/mol. The van der Waals surface area contributed by atoms with Crippen molar-refractivity contribution in [1.82, 2.24) is 10.2 Å². The van der Waals surface area contributed by atoms with E-state index in [2.05, 4.69) is 55.9 Å². The smallest absolute Gasteiger partial charge is 0.120 e. The van der Waals surface area contributed by atoms with Gasteiger partial charge >= 0.3 is 0 Å². The minimum atomic E-state index is 0.492. The van der Waals surface area contributed by atoms with Gasteiger partial charge in [-0.15, -0.1) is 0 Å². The molecule has 19 heavy (non-hydrogen) atoms. The van der Waals surface area contributed by atoms with Crippen LogP contribution in [0.15, 0.2) is 10.5 Å². The van der Waals surface area contributed by atoms with Gasteiger partial charge in [0.05, 0.1) is 13.1 Å². The summed E-state index contributed by atoms with van der Waals surface area (Å²) in [5.41, 5.74) is 1.26. The monoisotopic (exact) mass is 282 g/mol. The highest BCUT2D eigenvalue weighted by molar-refractivity contribution is 7.99. The average molecular weight is 282 g/mol. The molecule has 1 aromatic rings. The maximum absolute atomic E-state index is 5.98. The van der Waals surface area contributed by atoms with E-state index in [9.17, 15) is 0 Å². The fraction of sp³-hybridized carbons (Fsp3) is 0.733. The lowest BCUT2D eigenvalue weighted by Gasteiger charge is -2.22. The van der Waals surface area contributed by atoms with Gasteiger partial charge in [-0.1, -0.05) is 13.8 Å². The molecule has 1 aliphatic rings. The Morgan fingerprint density at radius 1 is 1.53 bits per heavy atom. The van der Waals surface area contributed by atoms with Crippen LogP contribution in [0.5, 0.6) is 0 Å². The second-order valence-corrected chi connectivity index (χ2v) is 6.94. The largest absolute Gasteiger partial charge is 0.463 e. The molecule has 2 heterocycles. The quantitative estimate of drug-likeness (QED) is 0.868. The lowest BCUT2D eigenvalue weighted by Crippen LogP contribution is -2.30. The van der Waals surface area contributed by atoms with Crippen molar-refractivity contribution < 1.29 is 4.42 Å². The van der Waals surface area contributed by atoms with E-state index in [4.69, 9.17) is 4.42 Å². The molecule has 0 aliphatic carbocycles. The molecule has 1 aromatic heterocycles. The molecule has 1 saturated heterocycles. The fourth-order valence-corrected chi connectivity index (χ4v) is 3.68. The SMILES string of the molecule is Cc1cc(CN(C)C2CCSC2)oc1CNC(C)C. The first-order chi connectivity index (χ1) is 9.06. The van der Waals surface area contributed by atoms with Crippen molar-refractivity contribution in [3.8, 4) is 0 Å². The number of rotatable bonds is 6. The summed E-state index contributed by atoms with van der Waals surface area (Å²) in [6.07, 6.45) is 1.31. The van der Waals surface area contributed by atoms with Gasteiger partial charge in [-0.05, 0) is 37.8 Å². The first-order valence-electron chi connectivity index (χ1n) is 7.16. The number of thioether (sulfide) groups is 1. The van der Waals surface area contributed by atoms with Crippen molar-refractivity contribution in [3.63, 3.8) is 0 Å². The zero-order valence-corrected chi connectivity index (χ0v) is 13.3. The normalized spacial score (nSPS) is 19.8. The third-order valence-electron chi connectivity index (χ3n) is 3.68. The van der Waals surface area contributed by atoms with Crippen LogP contribution < -0.4 is 5.32 Å². The van der Waals surface area contributed by atoms with E-state index in [0.717, 1.165) is 24.6 Å². The highest BCUT2D eigenvalue weighted by Crippen LogP contribution is 2.23. The summed E-state index contributed by atoms with van der Waals surface area (Å²) >= 11 is 2.06. The number of hydrogen-bond acceptors (Lipinski definition) is 4. The first kappa shape index (κ1) is 14.9. The van der Waals surface area contributed by atoms with Crippen LogP contribution in [0.4, 0.5) is 0 Å². The van der Waals surface area contributed by atoms with Gasteiger partial charge in [0.1, 0.15) is 11.5 Å². The van der Waals surface area contributed by atoms with Crippen LogP contribution in [0.25, 0.3) is 0 Å². The van der Waals surface area contributed by atoms with Gasteiger partial charge in [0.2, 0.25) is 0 Å². The van der Waals surface area contributed by atoms with E-state index in [1.54, 1.807) is 0 Å². The van der Waals surface area contributed by atoms with Crippen LogP contribution in [0.2, 0.25) is 0 Å². The van der Waals surface area contributed by atoms with Crippen molar-refractivity contribution >= 4 is 11.8 Å². The molecule has 1 aliphatic heterocycles. The standard InChI is InChI=1S/C15H26N2OS/c1-11(2)16-8-15-12(3)7-14(18-15)9-17(4)13-5-6-19-10-13/h7,11,13,16H,5-6,8-10H2,1-4H3. The van der Waals surface area contributed by atoms with Crippen molar-refractivity contribution in [2.75, 3.05) is 18.6 Å². The molecule has 1 atom stereocenters. The maximum Gasteiger partial charge on any atom is 0.120 e. The Bertz CT molecular complexity index is 397. The minimum Gasteiger partial charge on any atom is -0.463 e. The molecule has 4 heteroatoms. The van der Waals surface area contributed by atoms with Crippen LogP contribution in [0, 0.1) is 6.92 Å². The molecule has 0 bridgehead atoms. The van der Waals surface area contributed by atoms with Crippen LogP contribution in [-0.2, 0) is 13.1 Å². The summed E-state index contributed by atoms with van der Waals surface area (Å²) in [5.74, 6) is 4.74. The van der Waals surface area contributed by atoms with Gasteiger partial charge in [0, 0.05) is 17.8 Å². The molecule has 108 valence electrons. The van der Waals surface area contributed by atoms with Crippen LogP contribution in [-0.4, -0.2) is 35.5 Å². The van der Waals surface area contributed by atoms with E-state index < -0.39 is 0 Å². The Labute approximate surface area is 121 Å². The predicted octanol–water partition coefficient (Wildman–Crippen LogP) is 3.02. The Morgan fingerprint density at radius 2 is 2.32 bits per heavy atom. The van der Waals surface area contributed by atoms with Gasteiger partial charge in [-0.2, -0.15) is 11.8 Å². The summed E-state index contributed by atoms with van der Waals surface area (Å²) in [6.45, 7) is 8.20. The number of nitrogens with zero attached hydrogens (tertiary/aromatic N) is 1.